The Bertz CT molecular complexity index is 1040. The molecule has 1 amide bonds. The molecule has 3 aromatic rings. The van der Waals surface area contributed by atoms with Crippen molar-refractivity contribution < 1.29 is 9.72 Å². The molecule has 8 heteroatoms. The number of anilines is 1. The molecule has 1 aliphatic rings. The molecule has 1 aromatic heterocycles. The lowest BCUT2D eigenvalue weighted by molar-refractivity contribution is -0.384. The predicted octanol–water partition coefficient (Wildman–Crippen LogP) is 3.87. The van der Waals surface area contributed by atoms with Gasteiger partial charge in [-0.2, -0.15) is 0 Å². The van der Waals surface area contributed by atoms with E-state index in [-0.39, 0.29) is 28.5 Å². The van der Waals surface area contributed by atoms with Crippen LogP contribution < -0.4 is 10.2 Å². The van der Waals surface area contributed by atoms with Crippen LogP contribution in [0.25, 0.3) is 5.69 Å². The molecule has 1 fully saturated rings. The maximum atomic E-state index is 12.8. The lowest BCUT2D eigenvalue weighted by atomic mass is 9.94. The fourth-order valence-corrected chi connectivity index (χ4v) is 4.03. The molecule has 0 radical (unpaired) electrons. The first-order chi connectivity index (χ1) is 15.0. The number of carbonyl (C=O) groups excluding carboxylic acids is 1. The number of nitrogens with one attached hydrogen (secondary N) is 1. The van der Waals surface area contributed by atoms with Gasteiger partial charge in [-0.25, -0.2) is 4.98 Å². The smallest absolute Gasteiger partial charge is 0.292 e. The molecule has 1 atom stereocenters. The first-order valence-corrected chi connectivity index (χ1v) is 10.4. The van der Waals surface area contributed by atoms with Crippen molar-refractivity contribution in [3.8, 4) is 5.69 Å². The van der Waals surface area contributed by atoms with Crippen LogP contribution in [0.5, 0.6) is 0 Å². The highest BCUT2D eigenvalue weighted by Gasteiger charge is 2.28. The molecule has 1 saturated heterocycles. The Kier molecular flexibility index (Phi) is 5.97. The lowest BCUT2D eigenvalue weighted by Crippen LogP contribution is -2.41. The van der Waals surface area contributed by atoms with Crippen LogP contribution in [0.3, 0.4) is 0 Å². The molecule has 4 rings (SSSR count). The summed E-state index contributed by atoms with van der Waals surface area (Å²) in [5.41, 5.74) is 2.78. The number of rotatable bonds is 6. The fourth-order valence-electron chi connectivity index (χ4n) is 4.03. The van der Waals surface area contributed by atoms with Gasteiger partial charge in [-0.3, -0.25) is 14.9 Å². The molecule has 31 heavy (non-hydrogen) atoms. The third-order valence-electron chi connectivity index (χ3n) is 5.84. The van der Waals surface area contributed by atoms with E-state index in [2.05, 4.69) is 10.3 Å². The average Bonchev–Trinajstić information content (AvgIpc) is 3.34. The van der Waals surface area contributed by atoms with Gasteiger partial charge in [-0.15, -0.1) is 0 Å². The summed E-state index contributed by atoms with van der Waals surface area (Å²) in [4.78, 5) is 29.8. The Morgan fingerprint density at radius 3 is 2.52 bits per heavy atom. The van der Waals surface area contributed by atoms with Crippen molar-refractivity contribution in [1.82, 2.24) is 14.9 Å². The number of nitro benzene ring substituents is 1. The summed E-state index contributed by atoms with van der Waals surface area (Å²) >= 11 is 0. The van der Waals surface area contributed by atoms with Crippen LogP contribution in [0.4, 0.5) is 11.4 Å². The molecule has 8 nitrogen and oxygen atoms in total. The van der Waals surface area contributed by atoms with Crippen molar-refractivity contribution in [2.24, 2.45) is 5.92 Å². The van der Waals surface area contributed by atoms with Gasteiger partial charge in [0.2, 0.25) is 5.91 Å². The normalized spacial score (nSPS) is 15.5. The van der Waals surface area contributed by atoms with Gasteiger partial charge in [-0.1, -0.05) is 24.3 Å². The van der Waals surface area contributed by atoms with Crippen LogP contribution in [0.15, 0.2) is 67.3 Å². The van der Waals surface area contributed by atoms with Gasteiger partial charge in [-0.05, 0) is 43.5 Å². The number of piperidine rings is 1. The molecule has 160 valence electrons. The highest BCUT2D eigenvalue weighted by atomic mass is 16.6. The summed E-state index contributed by atoms with van der Waals surface area (Å²) < 4.78 is 1.93. The van der Waals surface area contributed by atoms with E-state index in [1.807, 2.05) is 46.9 Å². The number of benzene rings is 2. The van der Waals surface area contributed by atoms with Crippen molar-refractivity contribution in [2.75, 3.05) is 18.0 Å². The Morgan fingerprint density at radius 2 is 1.87 bits per heavy atom. The van der Waals surface area contributed by atoms with Gasteiger partial charge in [0.15, 0.2) is 0 Å². The van der Waals surface area contributed by atoms with E-state index < -0.39 is 0 Å². The zero-order chi connectivity index (χ0) is 21.8. The summed E-state index contributed by atoms with van der Waals surface area (Å²) in [6.07, 6.45) is 6.71. The van der Waals surface area contributed by atoms with E-state index >= 15 is 0 Å². The van der Waals surface area contributed by atoms with E-state index in [1.165, 1.54) is 6.07 Å². The summed E-state index contributed by atoms with van der Waals surface area (Å²) in [5, 5.41) is 14.4. The lowest BCUT2D eigenvalue weighted by Gasteiger charge is -2.33. The third-order valence-corrected chi connectivity index (χ3v) is 5.84. The molecule has 2 aromatic carbocycles. The zero-order valence-corrected chi connectivity index (χ0v) is 17.3. The summed E-state index contributed by atoms with van der Waals surface area (Å²) in [7, 11) is 0. The Hall–Kier alpha value is -3.68. The summed E-state index contributed by atoms with van der Waals surface area (Å²) in [6.45, 7) is 3.22. The van der Waals surface area contributed by atoms with Crippen LogP contribution >= 0.6 is 0 Å². The number of nitrogens with zero attached hydrogens (tertiary/aromatic N) is 4. The standard InChI is InChI=1S/C23H25N5O3/c1-17(18-6-8-20(9-7-18)27-15-12-24-16-27)25-23(29)19-10-13-26(14-11-19)21-4-2-3-5-22(21)28(30)31/h2-9,12,15-17,19H,10-11,13-14H2,1H3,(H,25,29)/t17-/m0/s1. The van der Waals surface area contributed by atoms with E-state index in [0.717, 1.165) is 11.3 Å². The SMILES string of the molecule is C[C@H](NC(=O)C1CCN(c2ccccc2[N+](=O)[O-])CC1)c1ccc(-n2ccnc2)cc1. The van der Waals surface area contributed by atoms with Gasteiger partial charge in [0.1, 0.15) is 5.69 Å². The van der Waals surface area contributed by atoms with E-state index in [1.54, 1.807) is 30.7 Å². The number of imidazole rings is 1. The monoisotopic (exact) mass is 419 g/mol. The van der Waals surface area contributed by atoms with Crippen LogP contribution in [0.1, 0.15) is 31.4 Å². The van der Waals surface area contributed by atoms with Crippen molar-refractivity contribution in [3.05, 3.63) is 82.9 Å². The molecular formula is C23H25N5O3. The van der Waals surface area contributed by atoms with E-state index in [4.69, 9.17) is 0 Å². The van der Waals surface area contributed by atoms with Crippen LogP contribution in [0.2, 0.25) is 0 Å². The maximum absolute atomic E-state index is 12.8. The number of amides is 1. The van der Waals surface area contributed by atoms with Gasteiger partial charge in [0.25, 0.3) is 5.69 Å². The van der Waals surface area contributed by atoms with Crippen molar-refractivity contribution in [2.45, 2.75) is 25.8 Å². The molecular weight excluding hydrogens is 394 g/mol. The number of para-hydroxylation sites is 2. The Balaban J connectivity index is 1.33. The second kappa shape index (κ2) is 8.99. The Labute approximate surface area is 180 Å². The molecule has 0 aliphatic carbocycles. The second-order valence-electron chi connectivity index (χ2n) is 7.80. The quantitative estimate of drug-likeness (QED) is 0.483. The zero-order valence-electron chi connectivity index (χ0n) is 17.3. The number of aromatic nitrogens is 2. The van der Waals surface area contributed by atoms with Crippen LogP contribution in [0, 0.1) is 16.0 Å². The average molecular weight is 419 g/mol. The predicted molar refractivity (Wildman–Crippen MR) is 118 cm³/mol. The van der Waals surface area contributed by atoms with Gasteiger partial charge in [0, 0.05) is 43.2 Å². The number of nitro groups is 1. The first-order valence-electron chi connectivity index (χ1n) is 10.4. The minimum Gasteiger partial charge on any atom is -0.366 e. The molecule has 0 saturated carbocycles. The first kappa shape index (κ1) is 20.6. The van der Waals surface area contributed by atoms with Gasteiger partial charge in [0.05, 0.1) is 17.3 Å². The summed E-state index contributed by atoms with van der Waals surface area (Å²) in [5.74, 6) is -0.0555. The van der Waals surface area contributed by atoms with E-state index in [9.17, 15) is 14.9 Å². The number of hydrogen-bond donors (Lipinski definition) is 1. The highest BCUT2D eigenvalue weighted by molar-refractivity contribution is 5.79. The minimum absolute atomic E-state index is 0.0356. The third kappa shape index (κ3) is 4.58. The molecule has 1 N–H and O–H groups in total. The Morgan fingerprint density at radius 1 is 1.16 bits per heavy atom. The van der Waals surface area contributed by atoms with Crippen LogP contribution in [-0.4, -0.2) is 33.5 Å². The van der Waals surface area contributed by atoms with Crippen LogP contribution in [-0.2, 0) is 4.79 Å². The van der Waals surface area contributed by atoms with Crippen molar-refractivity contribution in [3.63, 3.8) is 0 Å². The molecule has 2 heterocycles. The van der Waals surface area contributed by atoms with Crippen molar-refractivity contribution >= 4 is 17.3 Å². The second-order valence-corrected chi connectivity index (χ2v) is 7.80. The molecule has 0 unspecified atom stereocenters. The fraction of sp³-hybridized carbons (Fsp3) is 0.304. The van der Waals surface area contributed by atoms with E-state index in [0.29, 0.717) is 31.6 Å². The number of hydrogen-bond acceptors (Lipinski definition) is 5. The van der Waals surface area contributed by atoms with Gasteiger partial charge >= 0.3 is 0 Å². The molecule has 0 spiro atoms. The molecule has 0 bridgehead atoms. The minimum atomic E-state index is -0.353. The maximum Gasteiger partial charge on any atom is 0.292 e. The van der Waals surface area contributed by atoms with Crippen molar-refractivity contribution in [1.29, 1.82) is 0 Å². The topological polar surface area (TPSA) is 93.3 Å². The summed E-state index contributed by atoms with van der Waals surface area (Å²) in [6, 6.07) is 14.7. The largest absolute Gasteiger partial charge is 0.366 e. The van der Waals surface area contributed by atoms with Gasteiger partial charge < -0.3 is 14.8 Å². The highest BCUT2D eigenvalue weighted by Crippen LogP contribution is 2.31. The number of carbonyl (C=O) groups is 1. The molecule has 1 aliphatic heterocycles.